The van der Waals surface area contributed by atoms with E-state index in [9.17, 15) is 0 Å². The molecular formula is C14H18N6. The van der Waals surface area contributed by atoms with Crippen LogP contribution in [0.5, 0.6) is 0 Å². The number of nitrogens with two attached hydrogens (primary N) is 1. The Morgan fingerprint density at radius 2 is 2.20 bits per heavy atom. The first-order chi connectivity index (χ1) is 9.69. The fourth-order valence-corrected chi connectivity index (χ4v) is 2.36. The normalized spacial score (nSPS) is 11.6. The van der Waals surface area contributed by atoms with Crippen LogP contribution in [0, 0.1) is 5.92 Å². The standard InChI is InChI=1S/C14H18N6/c1-9(2)8-20-13-4-3-10(6-15)5-11(13)17-14(20)12-7-16-19-18-12/h3-5,7,9H,6,8,15H2,1-2H3,(H,16,18,19). The zero-order valence-corrected chi connectivity index (χ0v) is 11.7. The lowest BCUT2D eigenvalue weighted by atomic mass is 10.2. The van der Waals surface area contributed by atoms with E-state index in [0.717, 1.165) is 34.7 Å². The van der Waals surface area contributed by atoms with E-state index < -0.39 is 0 Å². The number of benzene rings is 1. The van der Waals surface area contributed by atoms with Crippen LogP contribution in [0.25, 0.3) is 22.6 Å². The van der Waals surface area contributed by atoms with Crippen molar-refractivity contribution in [2.45, 2.75) is 26.9 Å². The molecule has 104 valence electrons. The summed E-state index contributed by atoms with van der Waals surface area (Å²) in [6.45, 7) is 5.78. The van der Waals surface area contributed by atoms with Gasteiger partial charge in [0.25, 0.3) is 0 Å². The molecule has 0 fully saturated rings. The Morgan fingerprint density at radius 3 is 2.85 bits per heavy atom. The first kappa shape index (κ1) is 12.8. The molecule has 3 aromatic rings. The van der Waals surface area contributed by atoms with E-state index >= 15 is 0 Å². The van der Waals surface area contributed by atoms with Gasteiger partial charge in [-0.25, -0.2) is 4.98 Å². The molecule has 2 heterocycles. The molecule has 3 N–H and O–H groups in total. The summed E-state index contributed by atoms with van der Waals surface area (Å²) in [4.78, 5) is 4.70. The first-order valence-electron chi connectivity index (χ1n) is 6.74. The summed E-state index contributed by atoms with van der Waals surface area (Å²) < 4.78 is 2.19. The number of hydrogen-bond acceptors (Lipinski definition) is 4. The van der Waals surface area contributed by atoms with Gasteiger partial charge in [-0.05, 0) is 23.6 Å². The van der Waals surface area contributed by atoms with Crippen LogP contribution in [0.1, 0.15) is 19.4 Å². The lowest BCUT2D eigenvalue weighted by molar-refractivity contribution is 0.536. The van der Waals surface area contributed by atoms with Gasteiger partial charge in [-0.2, -0.15) is 15.4 Å². The van der Waals surface area contributed by atoms with Gasteiger partial charge in [0.2, 0.25) is 0 Å². The maximum Gasteiger partial charge on any atom is 0.163 e. The molecular weight excluding hydrogens is 252 g/mol. The number of fused-ring (bicyclic) bond motifs is 1. The number of hydrogen-bond donors (Lipinski definition) is 2. The highest BCUT2D eigenvalue weighted by Gasteiger charge is 2.15. The van der Waals surface area contributed by atoms with Gasteiger partial charge in [0.15, 0.2) is 5.82 Å². The van der Waals surface area contributed by atoms with Crippen LogP contribution >= 0.6 is 0 Å². The molecule has 0 amide bonds. The Kier molecular flexibility index (Phi) is 3.23. The van der Waals surface area contributed by atoms with Gasteiger partial charge in [-0.1, -0.05) is 19.9 Å². The lowest BCUT2D eigenvalue weighted by Gasteiger charge is -2.10. The number of rotatable bonds is 4. The quantitative estimate of drug-likeness (QED) is 0.758. The van der Waals surface area contributed by atoms with Crippen LogP contribution in [0.3, 0.4) is 0 Å². The number of nitrogens with one attached hydrogen (secondary N) is 1. The minimum absolute atomic E-state index is 0.520. The maximum absolute atomic E-state index is 5.70. The van der Waals surface area contributed by atoms with Gasteiger partial charge in [-0.15, -0.1) is 0 Å². The summed E-state index contributed by atoms with van der Waals surface area (Å²) in [5.74, 6) is 1.36. The molecule has 0 aliphatic rings. The molecule has 6 heteroatoms. The predicted molar refractivity (Wildman–Crippen MR) is 77.8 cm³/mol. The van der Waals surface area contributed by atoms with E-state index in [1.54, 1.807) is 6.20 Å². The zero-order valence-electron chi connectivity index (χ0n) is 11.7. The number of imidazole rings is 1. The third kappa shape index (κ3) is 2.18. The highest BCUT2D eigenvalue weighted by atomic mass is 15.3. The van der Waals surface area contributed by atoms with Gasteiger partial charge in [0.1, 0.15) is 5.69 Å². The van der Waals surface area contributed by atoms with Crippen LogP contribution in [0.4, 0.5) is 0 Å². The SMILES string of the molecule is CC(C)Cn1c(-c2cn[nH]n2)nc2cc(CN)ccc21. The second kappa shape index (κ2) is 5.05. The van der Waals surface area contributed by atoms with Crippen LogP contribution in [0.15, 0.2) is 24.4 Å². The van der Waals surface area contributed by atoms with Crippen molar-refractivity contribution in [3.05, 3.63) is 30.0 Å². The molecule has 0 aliphatic carbocycles. The van der Waals surface area contributed by atoms with E-state index in [1.165, 1.54) is 0 Å². The van der Waals surface area contributed by atoms with Crippen molar-refractivity contribution in [3.8, 4) is 11.5 Å². The lowest BCUT2D eigenvalue weighted by Crippen LogP contribution is -2.06. The number of aromatic amines is 1. The van der Waals surface area contributed by atoms with Crippen LogP contribution in [-0.2, 0) is 13.1 Å². The summed E-state index contributed by atoms with van der Waals surface area (Å²) in [6, 6.07) is 6.17. The van der Waals surface area contributed by atoms with Gasteiger partial charge < -0.3 is 10.3 Å². The molecule has 0 unspecified atom stereocenters. The van der Waals surface area contributed by atoms with Crippen LogP contribution < -0.4 is 5.73 Å². The molecule has 3 rings (SSSR count). The number of aromatic nitrogens is 5. The van der Waals surface area contributed by atoms with Crippen molar-refractivity contribution in [1.29, 1.82) is 0 Å². The Bertz CT molecular complexity index is 711. The van der Waals surface area contributed by atoms with E-state index in [-0.39, 0.29) is 0 Å². The topological polar surface area (TPSA) is 85.4 Å². The molecule has 0 radical (unpaired) electrons. The monoisotopic (exact) mass is 270 g/mol. The summed E-state index contributed by atoms with van der Waals surface area (Å²) in [5, 5.41) is 10.7. The Hall–Kier alpha value is -2.21. The molecule has 2 aromatic heterocycles. The first-order valence-corrected chi connectivity index (χ1v) is 6.74. The summed E-state index contributed by atoms with van der Waals surface area (Å²) in [6.07, 6.45) is 1.70. The second-order valence-corrected chi connectivity index (χ2v) is 5.32. The molecule has 6 nitrogen and oxygen atoms in total. The Morgan fingerprint density at radius 1 is 1.35 bits per heavy atom. The Labute approximate surface area is 117 Å². The summed E-state index contributed by atoms with van der Waals surface area (Å²) in [7, 11) is 0. The van der Waals surface area contributed by atoms with E-state index in [1.807, 2.05) is 12.1 Å². The van der Waals surface area contributed by atoms with Gasteiger partial charge >= 0.3 is 0 Å². The third-order valence-corrected chi connectivity index (χ3v) is 3.24. The largest absolute Gasteiger partial charge is 0.326 e. The molecule has 0 bridgehead atoms. The van der Waals surface area contributed by atoms with E-state index in [2.05, 4.69) is 39.9 Å². The van der Waals surface area contributed by atoms with Crippen LogP contribution in [0.2, 0.25) is 0 Å². The molecule has 1 aromatic carbocycles. The molecule has 0 saturated heterocycles. The zero-order chi connectivity index (χ0) is 14.1. The molecule has 0 atom stereocenters. The Balaban J connectivity index is 2.21. The smallest absolute Gasteiger partial charge is 0.163 e. The van der Waals surface area contributed by atoms with E-state index in [0.29, 0.717) is 12.5 Å². The number of nitrogens with zero attached hydrogens (tertiary/aromatic N) is 4. The minimum atomic E-state index is 0.520. The highest BCUT2D eigenvalue weighted by molar-refractivity contribution is 5.80. The maximum atomic E-state index is 5.70. The fraction of sp³-hybridized carbons (Fsp3) is 0.357. The van der Waals surface area contributed by atoms with E-state index in [4.69, 9.17) is 10.7 Å². The molecule has 0 saturated carbocycles. The van der Waals surface area contributed by atoms with Crippen molar-refractivity contribution in [1.82, 2.24) is 25.0 Å². The van der Waals surface area contributed by atoms with Crippen molar-refractivity contribution in [2.75, 3.05) is 0 Å². The van der Waals surface area contributed by atoms with Gasteiger partial charge in [0.05, 0.1) is 17.2 Å². The molecule has 0 aliphatic heterocycles. The average molecular weight is 270 g/mol. The average Bonchev–Trinajstić information content (AvgIpc) is 3.05. The second-order valence-electron chi connectivity index (χ2n) is 5.32. The highest BCUT2D eigenvalue weighted by Crippen LogP contribution is 2.25. The molecule has 0 spiro atoms. The van der Waals surface area contributed by atoms with Gasteiger partial charge in [0, 0.05) is 13.1 Å². The number of H-pyrrole nitrogens is 1. The third-order valence-electron chi connectivity index (χ3n) is 3.24. The minimum Gasteiger partial charge on any atom is -0.326 e. The predicted octanol–water partition coefficient (Wildman–Crippen LogP) is 1.94. The van der Waals surface area contributed by atoms with Crippen molar-refractivity contribution >= 4 is 11.0 Å². The van der Waals surface area contributed by atoms with Crippen molar-refractivity contribution < 1.29 is 0 Å². The summed E-state index contributed by atoms with van der Waals surface area (Å²) in [5.41, 5.74) is 9.60. The van der Waals surface area contributed by atoms with Crippen LogP contribution in [-0.4, -0.2) is 25.0 Å². The fourth-order valence-electron chi connectivity index (χ4n) is 2.36. The summed E-state index contributed by atoms with van der Waals surface area (Å²) >= 11 is 0. The van der Waals surface area contributed by atoms with Crippen molar-refractivity contribution in [3.63, 3.8) is 0 Å². The van der Waals surface area contributed by atoms with Gasteiger partial charge in [-0.3, -0.25) is 0 Å². The molecule has 20 heavy (non-hydrogen) atoms. The van der Waals surface area contributed by atoms with Crippen molar-refractivity contribution in [2.24, 2.45) is 11.7 Å².